The number of amides is 1. The average Bonchev–Trinajstić information content (AvgIpc) is 2.89. The molecule has 0 aromatic heterocycles. The normalized spacial score (nSPS) is 16.7. The van der Waals surface area contributed by atoms with Gasteiger partial charge in [-0.05, 0) is 32.5 Å². The number of hydrogen-bond acceptors (Lipinski definition) is 3. The summed E-state index contributed by atoms with van der Waals surface area (Å²) >= 11 is 0. The second-order valence-corrected chi connectivity index (χ2v) is 5.23. The van der Waals surface area contributed by atoms with Crippen LogP contribution < -0.4 is 5.32 Å². The molecule has 1 amide bonds. The number of aliphatic hydroxyl groups is 1. The number of carbonyl (C=O) groups excluding carboxylic acids is 1. The molecule has 1 fully saturated rings. The Kier molecular flexibility index (Phi) is 8.33. The van der Waals surface area contributed by atoms with E-state index in [1.807, 2.05) is 0 Å². The van der Waals surface area contributed by atoms with E-state index in [0.717, 1.165) is 6.92 Å². The van der Waals surface area contributed by atoms with Gasteiger partial charge in [-0.2, -0.15) is 26.3 Å². The van der Waals surface area contributed by atoms with Crippen LogP contribution in [0.15, 0.2) is 0 Å². The molecule has 1 aliphatic rings. The molecule has 4 nitrogen and oxygen atoms in total. The van der Waals surface area contributed by atoms with Crippen LogP contribution in [0, 0.1) is 0 Å². The molecule has 0 aromatic carbocycles. The van der Waals surface area contributed by atoms with Crippen LogP contribution in [0.2, 0.25) is 0 Å². The summed E-state index contributed by atoms with van der Waals surface area (Å²) in [6, 6.07) is 0. The fourth-order valence-corrected chi connectivity index (χ4v) is 1.96. The van der Waals surface area contributed by atoms with E-state index in [4.69, 9.17) is 5.11 Å². The first kappa shape index (κ1) is 22.0. The molecule has 0 unspecified atom stereocenters. The lowest BCUT2D eigenvalue weighted by Crippen LogP contribution is -2.58. The third kappa shape index (κ3) is 6.94. The predicted molar refractivity (Wildman–Crippen MR) is 71.7 cm³/mol. The summed E-state index contributed by atoms with van der Waals surface area (Å²) in [4.78, 5) is 12.8. The molecule has 0 aromatic rings. The van der Waals surface area contributed by atoms with Crippen LogP contribution in [0.4, 0.5) is 26.3 Å². The molecule has 0 spiro atoms. The van der Waals surface area contributed by atoms with Gasteiger partial charge in [0.25, 0.3) is 5.60 Å². The number of nitrogens with one attached hydrogen (secondary N) is 1. The highest BCUT2D eigenvalue weighted by molar-refractivity contribution is 5.72. The van der Waals surface area contributed by atoms with Crippen LogP contribution >= 0.6 is 0 Å². The van der Waals surface area contributed by atoms with Crippen molar-refractivity contribution >= 4 is 5.91 Å². The Morgan fingerprint density at radius 1 is 1.09 bits per heavy atom. The summed E-state index contributed by atoms with van der Waals surface area (Å²) in [7, 11) is 0. The maximum Gasteiger partial charge on any atom is 0.426 e. The Balaban J connectivity index is 0.000000568. The van der Waals surface area contributed by atoms with Crippen molar-refractivity contribution in [2.75, 3.05) is 26.2 Å². The molecular formula is C13H22F6N2O2. The summed E-state index contributed by atoms with van der Waals surface area (Å²) in [5.41, 5.74) is -4.80. The van der Waals surface area contributed by atoms with E-state index >= 15 is 0 Å². The van der Waals surface area contributed by atoms with Crippen molar-refractivity contribution in [1.82, 2.24) is 10.2 Å². The van der Waals surface area contributed by atoms with Gasteiger partial charge in [-0.3, -0.25) is 4.79 Å². The zero-order valence-corrected chi connectivity index (χ0v) is 13.0. The number of halogens is 6. The molecule has 138 valence electrons. The molecule has 10 heteroatoms. The van der Waals surface area contributed by atoms with Crippen LogP contribution in [0.5, 0.6) is 0 Å². The van der Waals surface area contributed by atoms with Crippen molar-refractivity contribution in [3.05, 3.63) is 0 Å². The standard InChI is InChI=1S/C7H9F6NO2.C6H13N/c1-4(15)14-3-2-5(16,6(8,9)10)7(11,12)13;1-2-7-5-3-4-6-7/h16H,2-3H2,1H3,(H,14,15);2-6H2,1H3. The first-order valence-electron chi connectivity index (χ1n) is 7.17. The first-order chi connectivity index (χ1) is 10.3. The van der Waals surface area contributed by atoms with E-state index in [-0.39, 0.29) is 0 Å². The zero-order chi connectivity index (χ0) is 18.3. The Labute approximate surface area is 130 Å². The fourth-order valence-electron chi connectivity index (χ4n) is 1.96. The number of hydrogen-bond donors (Lipinski definition) is 2. The van der Waals surface area contributed by atoms with Gasteiger partial charge < -0.3 is 15.3 Å². The van der Waals surface area contributed by atoms with Gasteiger partial charge in [0.15, 0.2) is 0 Å². The molecule has 1 saturated heterocycles. The van der Waals surface area contributed by atoms with Gasteiger partial charge in [-0.1, -0.05) is 6.92 Å². The molecule has 23 heavy (non-hydrogen) atoms. The van der Waals surface area contributed by atoms with Crippen molar-refractivity contribution in [2.45, 2.75) is 51.1 Å². The largest absolute Gasteiger partial charge is 0.426 e. The molecular weight excluding hydrogens is 330 g/mol. The minimum Gasteiger partial charge on any atom is -0.374 e. The maximum atomic E-state index is 12.0. The topological polar surface area (TPSA) is 52.6 Å². The van der Waals surface area contributed by atoms with Crippen molar-refractivity contribution in [1.29, 1.82) is 0 Å². The second-order valence-electron chi connectivity index (χ2n) is 5.23. The molecule has 0 radical (unpaired) electrons. The number of rotatable bonds is 4. The first-order valence-corrected chi connectivity index (χ1v) is 7.17. The maximum absolute atomic E-state index is 12.0. The molecule has 1 heterocycles. The van der Waals surface area contributed by atoms with E-state index in [1.165, 1.54) is 32.5 Å². The van der Waals surface area contributed by atoms with Crippen LogP contribution in [0.1, 0.15) is 33.1 Å². The molecule has 2 N–H and O–H groups in total. The number of likely N-dealkylation sites (tertiary alicyclic amines) is 1. The van der Waals surface area contributed by atoms with Gasteiger partial charge in [0.05, 0.1) is 0 Å². The van der Waals surface area contributed by atoms with Crippen LogP contribution in [0.3, 0.4) is 0 Å². The van der Waals surface area contributed by atoms with E-state index in [1.54, 1.807) is 5.32 Å². The van der Waals surface area contributed by atoms with Gasteiger partial charge in [0.1, 0.15) is 0 Å². The predicted octanol–water partition coefficient (Wildman–Crippen LogP) is 2.47. The molecule has 0 saturated carbocycles. The summed E-state index contributed by atoms with van der Waals surface area (Å²) in [6.07, 6.45) is -10.5. The zero-order valence-electron chi connectivity index (χ0n) is 13.0. The lowest BCUT2D eigenvalue weighted by molar-refractivity contribution is -0.369. The Morgan fingerprint density at radius 2 is 1.52 bits per heavy atom. The van der Waals surface area contributed by atoms with E-state index in [2.05, 4.69) is 11.8 Å². The third-order valence-electron chi connectivity index (χ3n) is 3.44. The molecule has 0 bridgehead atoms. The SMILES string of the molecule is CC(=O)NCCC(O)(C(F)(F)F)C(F)(F)F.CCN1CCCC1. The number of nitrogens with zero attached hydrogens (tertiary/aromatic N) is 1. The quantitative estimate of drug-likeness (QED) is 0.765. The van der Waals surface area contributed by atoms with Crippen LogP contribution in [-0.2, 0) is 4.79 Å². The molecule has 0 atom stereocenters. The minimum absolute atomic E-state index is 0.785. The average molecular weight is 352 g/mol. The highest BCUT2D eigenvalue weighted by atomic mass is 19.4. The summed E-state index contributed by atoms with van der Waals surface area (Å²) in [6.45, 7) is 6.17. The van der Waals surface area contributed by atoms with E-state index < -0.39 is 36.8 Å². The van der Waals surface area contributed by atoms with Gasteiger partial charge in [-0.25, -0.2) is 0 Å². The molecule has 0 aliphatic carbocycles. The fraction of sp³-hybridized carbons (Fsp3) is 0.923. The van der Waals surface area contributed by atoms with E-state index in [9.17, 15) is 31.1 Å². The lowest BCUT2D eigenvalue weighted by Gasteiger charge is -2.32. The number of carbonyl (C=O) groups is 1. The van der Waals surface area contributed by atoms with Gasteiger partial charge in [-0.15, -0.1) is 0 Å². The third-order valence-corrected chi connectivity index (χ3v) is 3.44. The van der Waals surface area contributed by atoms with Crippen molar-refractivity contribution in [3.63, 3.8) is 0 Å². The molecule has 1 rings (SSSR count). The second kappa shape index (κ2) is 8.72. The van der Waals surface area contributed by atoms with Gasteiger partial charge in [0.2, 0.25) is 5.91 Å². The van der Waals surface area contributed by atoms with Gasteiger partial charge >= 0.3 is 12.4 Å². The summed E-state index contributed by atoms with van der Waals surface area (Å²) in [5, 5.41) is 10.3. The highest BCUT2D eigenvalue weighted by Crippen LogP contribution is 2.44. The Bertz CT molecular complexity index is 350. The lowest BCUT2D eigenvalue weighted by atomic mass is 9.98. The van der Waals surface area contributed by atoms with Crippen LogP contribution in [-0.4, -0.2) is 60.0 Å². The van der Waals surface area contributed by atoms with Crippen molar-refractivity contribution < 1.29 is 36.2 Å². The minimum atomic E-state index is -5.84. The smallest absolute Gasteiger partial charge is 0.374 e. The Hall–Kier alpha value is -1.03. The highest BCUT2D eigenvalue weighted by Gasteiger charge is 2.69. The van der Waals surface area contributed by atoms with Crippen LogP contribution in [0.25, 0.3) is 0 Å². The van der Waals surface area contributed by atoms with Crippen molar-refractivity contribution in [2.24, 2.45) is 0 Å². The number of alkyl halides is 6. The van der Waals surface area contributed by atoms with E-state index in [0.29, 0.717) is 0 Å². The van der Waals surface area contributed by atoms with Crippen molar-refractivity contribution in [3.8, 4) is 0 Å². The van der Waals surface area contributed by atoms with Gasteiger partial charge in [0, 0.05) is 19.9 Å². The summed E-state index contributed by atoms with van der Waals surface area (Å²) < 4.78 is 72.3. The molecule has 1 aliphatic heterocycles. The Morgan fingerprint density at radius 3 is 1.78 bits per heavy atom. The monoisotopic (exact) mass is 352 g/mol. The summed E-state index contributed by atoms with van der Waals surface area (Å²) in [5.74, 6) is -0.785.